The van der Waals surface area contributed by atoms with Crippen molar-refractivity contribution < 1.29 is 4.79 Å². The van der Waals surface area contributed by atoms with E-state index in [2.05, 4.69) is 5.32 Å². The molecule has 2 aromatic rings. The van der Waals surface area contributed by atoms with E-state index in [9.17, 15) is 9.59 Å². The smallest absolute Gasteiger partial charge is 0.251 e. The van der Waals surface area contributed by atoms with Gasteiger partial charge in [0.05, 0.1) is 0 Å². The minimum absolute atomic E-state index is 0.210. The normalized spacial score (nSPS) is 11.9. The zero-order valence-corrected chi connectivity index (χ0v) is 12.0. The molecule has 0 aliphatic heterocycles. The fourth-order valence-electron chi connectivity index (χ4n) is 1.87. The first-order chi connectivity index (χ1) is 9.50. The van der Waals surface area contributed by atoms with Gasteiger partial charge in [-0.3, -0.25) is 9.59 Å². The van der Waals surface area contributed by atoms with E-state index >= 15 is 0 Å². The van der Waals surface area contributed by atoms with Crippen molar-refractivity contribution in [2.24, 2.45) is 0 Å². The lowest BCUT2D eigenvalue weighted by atomic mass is 10.2. The number of hydrogen-bond acceptors (Lipinski definition) is 2. The molecule has 4 nitrogen and oxygen atoms in total. The second kappa shape index (κ2) is 5.92. The van der Waals surface area contributed by atoms with Crippen LogP contribution in [-0.2, 0) is 4.79 Å². The first-order valence-electron chi connectivity index (χ1n) is 6.24. The highest BCUT2D eigenvalue weighted by atomic mass is 35.5. The summed E-state index contributed by atoms with van der Waals surface area (Å²) >= 11 is 6.01. The van der Waals surface area contributed by atoms with E-state index in [0.29, 0.717) is 10.7 Å². The van der Waals surface area contributed by atoms with Gasteiger partial charge in [-0.05, 0) is 37.6 Å². The van der Waals surface area contributed by atoms with Gasteiger partial charge in [0.2, 0.25) is 5.91 Å². The first kappa shape index (κ1) is 14.3. The van der Waals surface area contributed by atoms with Crippen molar-refractivity contribution in [3.05, 3.63) is 63.5 Å². The summed E-state index contributed by atoms with van der Waals surface area (Å²) < 4.78 is 1.38. The summed E-state index contributed by atoms with van der Waals surface area (Å²) in [6.45, 7) is 3.51. The van der Waals surface area contributed by atoms with Crippen LogP contribution in [0.5, 0.6) is 0 Å². The molecule has 1 aromatic heterocycles. The minimum atomic E-state index is -0.595. The van der Waals surface area contributed by atoms with Crippen LogP contribution < -0.4 is 10.9 Å². The van der Waals surface area contributed by atoms with E-state index in [4.69, 9.17) is 11.6 Å². The van der Waals surface area contributed by atoms with Crippen molar-refractivity contribution in [2.45, 2.75) is 19.9 Å². The summed E-state index contributed by atoms with van der Waals surface area (Å²) in [5.41, 5.74) is 1.24. The van der Waals surface area contributed by atoms with Crippen LogP contribution in [-0.4, -0.2) is 10.5 Å². The molecule has 0 fully saturated rings. The number of nitrogens with zero attached hydrogens (tertiary/aromatic N) is 1. The predicted octanol–water partition coefficient (Wildman–Crippen LogP) is 3.01. The topological polar surface area (TPSA) is 51.1 Å². The van der Waals surface area contributed by atoms with Crippen LogP contribution in [0.15, 0.2) is 47.4 Å². The van der Waals surface area contributed by atoms with Crippen molar-refractivity contribution in [1.82, 2.24) is 4.57 Å². The summed E-state index contributed by atoms with van der Waals surface area (Å²) in [7, 11) is 0. The molecule has 0 saturated carbocycles. The van der Waals surface area contributed by atoms with Crippen LogP contribution in [0.2, 0.25) is 5.02 Å². The molecule has 1 atom stereocenters. The molecule has 0 bridgehead atoms. The molecule has 1 aromatic carbocycles. The van der Waals surface area contributed by atoms with Gasteiger partial charge in [-0.1, -0.05) is 23.7 Å². The zero-order chi connectivity index (χ0) is 14.7. The molecule has 1 amide bonds. The number of halogens is 1. The Bertz CT molecular complexity index is 694. The van der Waals surface area contributed by atoms with Crippen LogP contribution in [0.4, 0.5) is 5.69 Å². The number of amides is 1. The van der Waals surface area contributed by atoms with E-state index in [1.165, 1.54) is 10.6 Å². The first-order valence-corrected chi connectivity index (χ1v) is 6.61. The van der Waals surface area contributed by atoms with E-state index in [1.807, 2.05) is 6.92 Å². The van der Waals surface area contributed by atoms with E-state index in [-0.39, 0.29) is 11.5 Å². The Hall–Kier alpha value is -2.07. The molecule has 0 aliphatic carbocycles. The molecule has 1 N–H and O–H groups in total. The Labute approximate surface area is 122 Å². The number of nitrogens with one attached hydrogen (secondary N) is 1. The highest BCUT2D eigenvalue weighted by Gasteiger charge is 2.16. The van der Waals surface area contributed by atoms with Gasteiger partial charge < -0.3 is 9.88 Å². The Balaban J connectivity index is 2.23. The predicted molar refractivity (Wildman–Crippen MR) is 80.2 cm³/mol. The molecular formula is C15H15ClN2O2. The van der Waals surface area contributed by atoms with Crippen LogP contribution in [0.25, 0.3) is 0 Å². The molecule has 0 radical (unpaired) electrons. The van der Waals surface area contributed by atoms with Crippen molar-refractivity contribution in [2.75, 3.05) is 5.32 Å². The molecule has 0 spiro atoms. The molecule has 1 unspecified atom stereocenters. The van der Waals surface area contributed by atoms with Crippen LogP contribution in [0.3, 0.4) is 0 Å². The number of carbonyl (C=O) groups excluding carboxylic acids is 1. The van der Waals surface area contributed by atoms with Gasteiger partial charge in [0, 0.05) is 23.0 Å². The molecule has 0 saturated heterocycles. The average Bonchev–Trinajstić information content (AvgIpc) is 2.43. The SMILES string of the molecule is Cc1c(Cl)cccc1NC(=O)C(C)n1ccccc1=O. The zero-order valence-electron chi connectivity index (χ0n) is 11.3. The molecule has 1 heterocycles. The van der Waals surface area contributed by atoms with E-state index in [1.54, 1.807) is 43.5 Å². The molecule has 2 rings (SSSR count). The Morgan fingerprint density at radius 3 is 2.70 bits per heavy atom. The lowest BCUT2D eigenvalue weighted by Crippen LogP contribution is -2.30. The number of benzene rings is 1. The second-order valence-electron chi connectivity index (χ2n) is 4.52. The number of pyridine rings is 1. The third-order valence-electron chi connectivity index (χ3n) is 3.17. The number of rotatable bonds is 3. The quantitative estimate of drug-likeness (QED) is 0.945. The van der Waals surface area contributed by atoms with Gasteiger partial charge in [0.25, 0.3) is 5.56 Å². The highest BCUT2D eigenvalue weighted by molar-refractivity contribution is 6.31. The summed E-state index contributed by atoms with van der Waals surface area (Å²) in [5, 5.41) is 3.38. The summed E-state index contributed by atoms with van der Waals surface area (Å²) in [4.78, 5) is 23.9. The molecule has 0 aliphatic rings. The van der Waals surface area contributed by atoms with Crippen molar-refractivity contribution in [3.63, 3.8) is 0 Å². The van der Waals surface area contributed by atoms with Crippen molar-refractivity contribution in [3.8, 4) is 0 Å². The van der Waals surface area contributed by atoms with E-state index in [0.717, 1.165) is 5.56 Å². The van der Waals surface area contributed by atoms with Gasteiger partial charge in [0.15, 0.2) is 0 Å². The van der Waals surface area contributed by atoms with Crippen LogP contribution in [0.1, 0.15) is 18.5 Å². The minimum Gasteiger partial charge on any atom is -0.324 e. The molecular weight excluding hydrogens is 276 g/mol. The number of carbonyl (C=O) groups is 1. The van der Waals surface area contributed by atoms with Gasteiger partial charge in [-0.15, -0.1) is 0 Å². The number of hydrogen-bond donors (Lipinski definition) is 1. The number of aromatic nitrogens is 1. The molecule has 5 heteroatoms. The monoisotopic (exact) mass is 290 g/mol. The van der Waals surface area contributed by atoms with Gasteiger partial charge in [0.1, 0.15) is 6.04 Å². The number of anilines is 1. The van der Waals surface area contributed by atoms with E-state index < -0.39 is 6.04 Å². The van der Waals surface area contributed by atoms with Gasteiger partial charge in [-0.2, -0.15) is 0 Å². The lowest BCUT2D eigenvalue weighted by Gasteiger charge is -2.16. The molecule has 104 valence electrons. The van der Waals surface area contributed by atoms with Crippen molar-refractivity contribution >= 4 is 23.2 Å². The fraction of sp³-hybridized carbons (Fsp3) is 0.200. The maximum Gasteiger partial charge on any atom is 0.251 e. The van der Waals surface area contributed by atoms with Gasteiger partial charge in [-0.25, -0.2) is 0 Å². The Morgan fingerprint density at radius 2 is 2.00 bits per heavy atom. The van der Waals surface area contributed by atoms with Gasteiger partial charge >= 0.3 is 0 Å². The summed E-state index contributed by atoms with van der Waals surface area (Å²) in [5.74, 6) is -0.260. The Kier molecular flexibility index (Phi) is 4.25. The second-order valence-corrected chi connectivity index (χ2v) is 4.93. The third-order valence-corrected chi connectivity index (χ3v) is 3.58. The maximum absolute atomic E-state index is 12.2. The highest BCUT2D eigenvalue weighted by Crippen LogP contribution is 2.23. The Morgan fingerprint density at radius 1 is 1.25 bits per heavy atom. The largest absolute Gasteiger partial charge is 0.324 e. The fourth-order valence-corrected chi connectivity index (χ4v) is 2.04. The third kappa shape index (κ3) is 2.91. The molecule has 20 heavy (non-hydrogen) atoms. The standard InChI is InChI=1S/C15H15ClN2O2/c1-10-12(16)6-5-7-13(10)17-15(20)11(2)18-9-4-3-8-14(18)19/h3-9,11H,1-2H3,(H,17,20). The summed E-state index contributed by atoms with van der Waals surface area (Å²) in [6.07, 6.45) is 1.59. The lowest BCUT2D eigenvalue weighted by molar-refractivity contribution is -0.118. The van der Waals surface area contributed by atoms with Crippen LogP contribution in [0, 0.1) is 6.92 Å². The maximum atomic E-state index is 12.2. The van der Waals surface area contributed by atoms with Crippen LogP contribution >= 0.6 is 11.6 Å². The summed E-state index contributed by atoms with van der Waals surface area (Å²) in [6, 6.07) is 9.50. The average molecular weight is 291 g/mol. The van der Waals surface area contributed by atoms with Crippen molar-refractivity contribution in [1.29, 1.82) is 0 Å².